The van der Waals surface area contributed by atoms with Crippen LogP contribution in [0.4, 0.5) is 5.95 Å². The van der Waals surface area contributed by atoms with Gasteiger partial charge >= 0.3 is 0 Å². The van der Waals surface area contributed by atoms with Crippen molar-refractivity contribution in [2.75, 3.05) is 32.5 Å². The molecule has 0 amide bonds. The van der Waals surface area contributed by atoms with Crippen LogP contribution in [0.1, 0.15) is 32.4 Å². The lowest BCUT2D eigenvalue weighted by Crippen LogP contribution is -2.15. The van der Waals surface area contributed by atoms with Crippen molar-refractivity contribution < 1.29 is 0 Å². The second-order valence-electron chi connectivity index (χ2n) is 5.68. The van der Waals surface area contributed by atoms with Gasteiger partial charge in [0.05, 0.1) is 5.69 Å². The van der Waals surface area contributed by atoms with E-state index in [1.54, 1.807) is 0 Å². The predicted molar refractivity (Wildman–Crippen MR) is 78.1 cm³/mol. The van der Waals surface area contributed by atoms with Crippen LogP contribution in [-0.2, 0) is 6.54 Å². The zero-order valence-corrected chi connectivity index (χ0v) is 12.5. The first-order valence-corrected chi connectivity index (χ1v) is 6.91. The zero-order chi connectivity index (χ0) is 13.5. The van der Waals surface area contributed by atoms with Crippen LogP contribution in [0.2, 0.25) is 0 Å². The van der Waals surface area contributed by atoms with Crippen molar-refractivity contribution in [1.82, 2.24) is 14.5 Å². The van der Waals surface area contributed by atoms with E-state index < -0.39 is 0 Å². The van der Waals surface area contributed by atoms with Gasteiger partial charge in [-0.1, -0.05) is 13.8 Å². The van der Waals surface area contributed by atoms with E-state index in [0.29, 0.717) is 5.92 Å². The lowest BCUT2D eigenvalue weighted by atomic mass is 10.2. The Labute approximate surface area is 111 Å². The fourth-order valence-corrected chi connectivity index (χ4v) is 1.86. The third kappa shape index (κ3) is 5.54. The lowest BCUT2D eigenvalue weighted by Gasteiger charge is -2.12. The molecule has 0 radical (unpaired) electrons. The van der Waals surface area contributed by atoms with Crippen LogP contribution in [0, 0.1) is 12.8 Å². The third-order valence-corrected chi connectivity index (χ3v) is 2.82. The summed E-state index contributed by atoms with van der Waals surface area (Å²) in [5.74, 6) is 1.66. The van der Waals surface area contributed by atoms with Gasteiger partial charge in [0, 0.05) is 19.3 Å². The molecule has 0 aliphatic heterocycles. The van der Waals surface area contributed by atoms with Crippen LogP contribution in [0.25, 0.3) is 0 Å². The Morgan fingerprint density at radius 3 is 2.67 bits per heavy atom. The highest BCUT2D eigenvalue weighted by atomic mass is 15.2. The highest BCUT2D eigenvalue weighted by molar-refractivity contribution is 5.28. The number of hydrogen-bond donors (Lipinski definition) is 1. The maximum atomic E-state index is 4.54. The molecule has 1 aromatic heterocycles. The molecule has 18 heavy (non-hydrogen) atoms. The van der Waals surface area contributed by atoms with E-state index in [1.807, 2.05) is 0 Å². The number of nitrogens with one attached hydrogen (secondary N) is 1. The first-order valence-electron chi connectivity index (χ1n) is 6.91. The normalized spacial score (nSPS) is 11.5. The molecule has 104 valence electrons. The molecule has 0 aliphatic carbocycles. The molecule has 0 aromatic carbocycles. The Balaban J connectivity index is 2.43. The Morgan fingerprint density at radius 2 is 2.06 bits per heavy atom. The number of hydrogen-bond acceptors (Lipinski definition) is 3. The number of imidazole rings is 1. The van der Waals surface area contributed by atoms with Crippen molar-refractivity contribution in [3.63, 3.8) is 0 Å². The van der Waals surface area contributed by atoms with Crippen molar-refractivity contribution >= 4 is 5.95 Å². The van der Waals surface area contributed by atoms with E-state index >= 15 is 0 Å². The Hall–Kier alpha value is -1.03. The molecule has 0 saturated carbocycles. The smallest absolute Gasteiger partial charge is 0.203 e. The standard InChI is InChI=1S/C14H28N4/c1-12(2)10-15-14-16-13(3)11-18(14)9-7-6-8-17(4)5/h11-12H,6-10H2,1-5H3,(H,15,16). The Kier molecular flexibility index (Phi) is 6.19. The fraction of sp³-hybridized carbons (Fsp3) is 0.786. The van der Waals surface area contributed by atoms with Gasteiger partial charge in [-0.2, -0.15) is 0 Å². The fourth-order valence-electron chi connectivity index (χ4n) is 1.86. The molecule has 0 bridgehead atoms. The highest BCUT2D eigenvalue weighted by Crippen LogP contribution is 2.10. The summed E-state index contributed by atoms with van der Waals surface area (Å²) in [5.41, 5.74) is 1.09. The second kappa shape index (κ2) is 7.41. The van der Waals surface area contributed by atoms with Crippen molar-refractivity contribution in [2.24, 2.45) is 5.92 Å². The number of aromatic nitrogens is 2. The average Bonchev–Trinajstić information content (AvgIpc) is 2.62. The van der Waals surface area contributed by atoms with Crippen LogP contribution in [0.5, 0.6) is 0 Å². The molecule has 1 N–H and O–H groups in total. The zero-order valence-electron chi connectivity index (χ0n) is 12.5. The SMILES string of the molecule is Cc1cn(CCCCN(C)C)c(NCC(C)C)n1. The quantitative estimate of drug-likeness (QED) is 0.722. The van der Waals surface area contributed by atoms with Crippen LogP contribution >= 0.6 is 0 Å². The number of nitrogens with zero attached hydrogens (tertiary/aromatic N) is 3. The number of aryl methyl sites for hydroxylation is 2. The van der Waals surface area contributed by atoms with Gasteiger partial charge in [0.15, 0.2) is 0 Å². The molecule has 1 heterocycles. The van der Waals surface area contributed by atoms with Gasteiger partial charge in [-0.15, -0.1) is 0 Å². The van der Waals surface area contributed by atoms with E-state index in [2.05, 4.69) is 60.8 Å². The summed E-state index contributed by atoms with van der Waals surface area (Å²) < 4.78 is 2.24. The summed E-state index contributed by atoms with van der Waals surface area (Å²) in [6.45, 7) is 9.66. The molecule has 0 saturated heterocycles. The average molecular weight is 252 g/mol. The minimum absolute atomic E-state index is 0.643. The van der Waals surface area contributed by atoms with Crippen molar-refractivity contribution in [1.29, 1.82) is 0 Å². The van der Waals surface area contributed by atoms with Gasteiger partial charge in [-0.3, -0.25) is 0 Å². The van der Waals surface area contributed by atoms with E-state index in [-0.39, 0.29) is 0 Å². The van der Waals surface area contributed by atoms with Gasteiger partial charge in [-0.25, -0.2) is 4.98 Å². The van der Waals surface area contributed by atoms with Gasteiger partial charge in [0.1, 0.15) is 0 Å². The molecule has 4 heteroatoms. The second-order valence-corrected chi connectivity index (χ2v) is 5.68. The predicted octanol–water partition coefficient (Wildman–Crippen LogP) is 2.60. The third-order valence-electron chi connectivity index (χ3n) is 2.82. The van der Waals surface area contributed by atoms with Crippen LogP contribution < -0.4 is 5.32 Å². The molecule has 0 unspecified atom stereocenters. The lowest BCUT2D eigenvalue weighted by molar-refractivity contribution is 0.388. The molecule has 0 atom stereocenters. The molecule has 0 spiro atoms. The number of unbranched alkanes of at least 4 members (excludes halogenated alkanes) is 1. The maximum absolute atomic E-state index is 4.54. The first kappa shape index (κ1) is 15.0. The summed E-state index contributed by atoms with van der Waals surface area (Å²) in [4.78, 5) is 6.77. The van der Waals surface area contributed by atoms with Crippen LogP contribution in [-0.4, -0.2) is 41.6 Å². The molecule has 4 nitrogen and oxygen atoms in total. The van der Waals surface area contributed by atoms with Crippen molar-refractivity contribution in [3.05, 3.63) is 11.9 Å². The summed E-state index contributed by atoms with van der Waals surface area (Å²) >= 11 is 0. The summed E-state index contributed by atoms with van der Waals surface area (Å²) in [6, 6.07) is 0. The minimum atomic E-state index is 0.643. The number of anilines is 1. The molecule has 0 aliphatic rings. The maximum Gasteiger partial charge on any atom is 0.203 e. The van der Waals surface area contributed by atoms with E-state index in [4.69, 9.17) is 0 Å². The van der Waals surface area contributed by atoms with Gasteiger partial charge in [-0.05, 0) is 46.3 Å². The first-order chi connectivity index (χ1) is 8.49. The largest absolute Gasteiger partial charge is 0.355 e. The van der Waals surface area contributed by atoms with Crippen molar-refractivity contribution in [2.45, 2.75) is 40.2 Å². The monoisotopic (exact) mass is 252 g/mol. The van der Waals surface area contributed by atoms with Gasteiger partial charge in [0.25, 0.3) is 0 Å². The van der Waals surface area contributed by atoms with Gasteiger partial charge < -0.3 is 14.8 Å². The van der Waals surface area contributed by atoms with E-state index in [0.717, 1.165) is 31.3 Å². The van der Waals surface area contributed by atoms with Crippen LogP contribution in [0.3, 0.4) is 0 Å². The van der Waals surface area contributed by atoms with Gasteiger partial charge in [0.2, 0.25) is 5.95 Å². The minimum Gasteiger partial charge on any atom is -0.355 e. The molecule has 0 fully saturated rings. The summed E-state index contributed by atoms with van der Waals surface area (Å²) in [5, 5.41) is 3.42. The summed E-state index contributed by atoms with van der Waals surface area (Å²) in [6.07, 6.45) is 4.57. The molecular formula is C14H28N4. The number of rotatable bonds is 8. The molecule has 1 aromatic rings. The van der Waals surface area contributed by atoms with E-state index in [1.165, 1.54) is 12.8 Å². The Bertz CT molecular complexity index is 342. The summed E-state index contributed by atoms with van der Waals surface area (Å²) in [7, 11) is 4.24. The van der Waals surface area contributed by atoms with Crippen LogP contribution in [0.15, 0.2) is 6.20 Å². The molecular weight excluding hydrogens is 224 g/mol. The van der Waals surface area contributed by atoms with E-state index in [9.17, 15) is 0 Å². The van der Waals surface area contributed by atoms with Crippen molar-refractivity contribution in [3.8, 4) is 0 Å². The molecule has 1 rings (SSSR count). The highest BCUT2D eigenvalue weighted by Gasteiger charge is 2.05. The Morgan fingerprint density at radius 1 is 1.33 bits per heavy atom. The topological polar surface area (TPSA) is 33.1 Å².